The number of nitrogens with zero attached hydrogens (tertiary/aromatic N) is 1. The first-order valence-electron chi connectivity index (χ1n) is 8.78. The van der Waals surface area contributed by atoms with Crippen LogP contribution in [0.25, 0.3) is 16.3 Å². The molecule has 6 heteroatoms. The van der Waals surface area contributed by atoms with E-state index in [0.29, 0.717) is 10.6 Å². The lowest BCUT2D eigenvalue weighted by atomic mass is 10.1. The fraction of sp³-hybridized carbons (Fsp3) is 0.190. The van der Waals surface area contributed by atoms with E-state index in [-0.39, 0.29) is 11.9 Å². The molecule has 0 aliphatic heterocycles. The summed E-state index contributed by atoms with van der Waals surface area (Å²) in [5, 5.41) is 3.61. The molecule has 1 amide bonds. The van der Waals surface area contributed by atoms with Crippen molar-refractivity contribution in [2.45, 2.75) is 25.0 Å². The van der Waals surface area contributed by atoms with Gasteiger partial charge >= 0.3 is 5.97 Å². The summed E-state index contributed by atoms with van der Waals surface area (Å²) < 4.78 is 6.51. The monoisotopic (exact) mass is 378 g/mol. The van der Waals surface area contributed by atoms with Gasteiger partial charge in [0, 0.05) is 17.7 Å². The van der Waals surface area contributed by atoms with Gasteiger partial charge in [-0.05, 0) is 31.1 Å². The van der Waals surface area contributed by atoms with Gasteiger partial charge in [0.15, 0.2) is 0 Å². The average Bonchev–Trinajstić information content (AvgIpc) is 3.40. The summed E-state index contributed by atoms with van der Waals surface area (Å²) in [6, 6.07) is 17.0. The Kier molecular flexibility index (Phi) is 4.98. The Hall–Kier alpha value is -2.99. The normalized spacial score (nSPS) is 15.0. The van der Waals surface area contributed by atoms with Crippen LogP contribution in [0.2, 0.25) is 0 Å². The molecule has 3 aromatic rings. The Morgan fingerprint density at radius 3 is 2.59 bits per heavy atom. The maximum absolute atomic E-state index is 12.5. The highest BCUT2D eigenvalue weighted by Gasteiger charge is 2.30. The topological polar surface area (TPSA) is 68.3 Å². The number of amides is 1. The van der Waals surface area contributed by atoms with Gasteiger partial charge in [-0.25, -0.2) is 9.78 Å². The number of carbonyl (C=O) groups excluding carboxylic acids is 2. The van der Waals surface area contributed by atoms with E-state index >= 15 is 0 Å². The highest BCUT2D eigenvalue weighted by atomic mass is 32.1. The van der Waals surface area contributed by atoms with Crippen molar-refractivity contribution in [3.05, 3.63) is 71.2 Å². The molecule has 0 unspecified atom stereocenters. The molecule has 1 aliphatic carbocycles. The molecule has 0 radical (unpaired) electrons. The highest BCUT2D eigenvalue weighted by molar-refractivity contribution is 7.19. The minimum absolute atomic E-state index is 0.195. The summed E-state index contributed by atoms with van der Waals surface area (Å²) in [6.45, 7) is 0. The molecule has 136 valence electrons. The van der Waals surface area contributed by atoms with Crippen LogP contribution in [-0.4, -0.2) is 22.9 Å². The zero-order chi connectivity index (χ0) is 18.6. The maximum Gasteiger partial charge on any atom is 0.331 e. The largest absolute Gasteiger partial charge is 0.444 e. The van der Waals surface area contributed by atoms with Crippen molar-refractivity contribution >= 4 is 39.5 Å². The fourth-order valence-corrected chi connectivity index (χ4v) is 3.53. The Bertz CT molecular complexity index is 960. The number of thiazole rings is 1. The lowest BCUT2D eigenvalue weighted by Crippen LogP contribution is -2.33. The number of aromatic nitrogens is 1. The molecule has 27 heavy (non-hydrogen) atoms. The zero-order valence-electron chi connectivity index (χ0n) is 14.5. The molecular formula is C21H18N2O3S. The van der Waals surface area contributed by atoms with Crippen LogP contribution >= 0.6 is 11.3 Å². The van der Waals surface area contributed by atoms with Gasteiger partial charge in [-0.3, -0.25) is 4.79 Å². The number of hydrogen-bond donors (Lipinski definition) is 1. The summed E-state index contributed by atoms with van der Waals surface area (Å²) in [5.74, 6) is -0.862. The van der Waals surface area contributed by atoms with Crippen LogP contribution in [0.1, 0.15) is 29.5 Å². The number of carbonyl (C=O) groups is 2. The molecular weight excluding hydrogens is 360 g/mol. The van der Waals surface area contributed by atoms with Crippen LogP contribution in [0.4, 0.5) is 0 Å². The van der Waals surface area contributed by atoms with Crippen LogP contribution in [0, 0.1) is 0 Å². The van der Waals surface area contributed by atoms with E-state index in [1.165, 1.54) is 17.4 Å². The molecule has 0 bridgehead atoms. The van der Waals surface area contributed by atoms with Gasteiger partial charge in [-0.15, -0.1) is 11.3 Å². The van der Waals surface area contributed by atoms with Crippen LogP contribution < -0.4 is 5.32 Å². The first-order valence-corrected chi connectivity index (χ1v) is 9.60. The molecule has 1 aliphatic rings. The third kappa shape index (κ3) is 4.41. The van der Waals surface area contributed by atoms with Crippen LogP contribution in [0.3, 0.4) is 0 Å². The van der Waals surface area contributed by atoms with E-state index in [0.717, 1.165) is 23.1 Å². The van der Waals surface area contributed by atoms with E-state index in [4.69, 9.17) is 4.74 Å². The number of para-hydroxylation sites is 1. The van der Waals surface area contributed by atoms with Gasteiger partial charge in [0.05, 0.1) is 10.2 Å². The van der Waals surface area contributed by atoms with Gasteiger partial charge in [-0.1, -0.05) is 42.5 Å². The molecule has 1 fully saturated rings. The van der Waals surface area contributed by atoms with Gasteiger partial charge in [0.25, 0.3) is 5.91 Å². The molecule has 5 nitrogen and oxygen atoms in total. The number of fused-ring (bicyclic) bond motifs is 1. The van der Waals surface area contributed by atoms with E-state index in [9.17, 15) is 9.59 Å². The SMILES string of the molecule is O=C(/C=C/c1nc2ccccc2s1)O[C@H](C(=O)NC1CC1)c1ccccc1. The highest BCUT2D eigenvalue weighted by Crippen LogP contribution is 2.24. The number of ether oxygens (including phenoxy) is 1. The smallest absolute Gasteiger partial charge is 0.331 e. The average molecular weight is 378 g/mol. The second kappa shape index (κ2) is 7.72. The number of esters is 1. The van der Waals surface area contributed by atoms with Gasteiger partial charge in [-0.2, -0.15) is 0 Å². The summed E-state index contributed by atoms with van der Waals surface area (Å²) in [7, 11) is 0. The molecule has 1 N–H and O–H groups in total. The number of rotatable bonds is 6. The number of hydrogen-bond acceptors (Lipinski definition) is 5. The second-order valence-corrected chi connectivity index (χ2v) is 7.43. The molecule has 1 heterocycles. The lowest BCUT2D eigenvalue weighted by Gasteiger charge is -2.17. The summed E-state index contributed by atoms with van der Waals surface area (Å²) in [6.07, 6.45) is 3.92. The van der Waals surface area contributed by atoms with Crippen molar-refractivity contribution in [3.63, 3.8) is 0 Å². The fourth-order valence-electron chi connectivity index (χ4n) is 2.66. The van der Waals surface area contributed by atoms with Crippen molar-refractivity contribution in [3.8, 4) is 0 Å². The van der Waals surface area contributed by atoms with Crippen molar-refractivity contribution in [1.82, 2.24) is 10.3 Å². The van der Waals surface area contributed by atoms with Crippen molar-refractivity contribution in [1.29, 1.82) is 0 Å². The molecule has 1 aromatic heterocycles. The number of nitrogens with one attached hydrogen (secondary N) is 1. The predicted octanol–water partition coefficient (Wildman–Crippen LogP) is 3.87. The Morgan fingerprint density at radius 1 is 1.11 bits per heavy atom. The molecule has 1 atom stereocenters. The molecule has 1 saturated carbocycles. The molecule has 2 aromatic carbocycles. The third-order valence-electron chi connectivity index (χ3n) is 4.17. The van der Waals surface area contributed by atoms with E-state index in [1.54, 1.807) is 18.2 Å². The minimum atomic E-state index is -0.959. The Morgan fingerprint density at radius 2 is 1.85 bits per heavy atom. The first-order chi connectivity index (χ1) is 13.2. The molecule has 4 rings (SSSR count). The summed E-state index contributed by atoms with van der Waals surface area (Å²) >= 11 is 1.49. The van der Waals surface area contributed by atoms with Crippen LogP contribution in [-0.2, 0) is 14.3 Å². The molecule has 0 spiro atoms. The quantitative estimate of drug-likeness (QED) is 0.522. The van der Waals surface area contributed by atoms with Gasteiger partial charge < -0.3 is 10.1 Å². The number of benzene rings is 2. The lowest BCUT2D eigenvalue weighted by molar-refractivity contribution is -0.151. The van der Waals surface area contributed by atoms with Crippen molar-refractivity contribution in [2.24, 2.45) is 0 Å². The van der Waals surface area contributed by atoms with Crippen molar-refractivity contribution in [2.75, 3.05) is 0 Å². The van der Waals surface area contributed by atoms with E-state index in [1.807, 2.05) is 42.5 Å². The summed E-state index contributed by atoms with van der Waals surface area (Å²) in [4.78, 5) is 29.3. The Balaban J connectivity index is 1.47. The third-order valence-corrected chi connectivity index (χ3v) is 5.17. The predicted molar refractivity (Wildman–Crippen MR) is 105 cm³/mol. The van der Waals surface area contributed by atoms with E-state index in [2.05, 4.69) is 10.3 Å². The van der Waals surface area contributed by atoms with E-state index < -0.39 is 12.1 Å². The summed E-state index contributed by atoms with van der Waals surface area (Å²) in [5.41, 5.74) is 1.54. The zero-order valence-corrected chi connectivity index (χ0v) is 15.3. The maximum atomic E-state index is 12.5. The first kappa shape index (κ1) is 17.4. The van der Waals surface area contributed by atoms with Gasteiger partial charge in [0.2, 0.25) is 6.10 Å². The minimum Gasteiger partial charge on any atom is -0.444 e. The standard InChI is InChI=1S/C21H18N2O3S/c24-19(13-12-18-23-16-8-4-5-9-17(16)27-18)26-20(14-6-2-1-3-7-14)21(25)22-15-10-11-15/h1-9,12-13,15,20H,10-11H2,(H,22,25)/b13-12+/t20-/m0/s1. The Labute approximate surface area is 160 Å². The molecule has 0 saturated heterocycles. The van der Waals surface area contributed by atoms with Crippen LogP contribution in [0.15, 0.2) is 60.7 Å². The van der Waals surface area contributed by atoms with Crippen LogP contribution in [0.5, 0.6) is 0 Å². The van der Waals surface area contributed by atoms with Crippen molar-refractivity contribution < 1.29 is 14.3 Å². The second-order valence-electron chi connectivity index (χ2n) is 6.36. The van der Waals surface area contributed by atoms with Gasteiger partial charge in [0.1, 0.15) is 5.01 Å².